The van der Waals surface area contributed by atoms with Gasteiger partial charge in [0.05, 0.1) is 28.9 Å². The highest BCUT2D eigenvalue weighted by Crippen LogP contribution is 2.36. The zero-order valence-corrected chi connectivity index (χ0v) is 27.2. The number of carbonyl (C=O) groups excluding carboxylic acids is 1. The molecule has 0 radical (unpaired) electrons. The van der Waals surface area contributed by atoms with Crippen molar-refractivity contribution in [3.05, 3.63) is 117 Å². The highest BCUT2D eigenvalue weighted by atomic mass is 32.2. The van der Waals surface area contributed by atoms with Crippen molar-refractivity contribution in [1.29, 1.82) is 0 Å². The van der Waals surface area contributed by atoms with Crippen LogP contribution in [0.2, 0.25) is 0 Å². The summed E-state index contributed by atoms with van der Waals surface area (Å²) in [5.41, 5.74) is 4.43. The predicted octanol–water partition coefficient (Wildman–Crippen LogP) is 3.02. The summed E-state index contributed by atoms with van der Waals surface area (Å²) in [6.45, 7) is 3.58. The number of aryl methyl sites for hydroxylation is 3. The van der Waals surface area contributed by atoms with Crippen molar-refractivity contribution in [3.8, 4) is 17.5 Å². The van der Waals surface area contributed by atoms with E-state index in [0.717, 1.165) is 28.5 Å². The Kier molecular flexibility index (Phi) is 7.78. The molecule has 1 atom stereocenters. The topological polar surface area (TPSA) is 157 Å². The van der Waals surface area contributed by atoms with Crippen molar-refractivity contribution in [1.82, 2.24) is 39.0 Å². The molecule has 0 saturated heterocycles. The molecular weight excluding hydrogens is 631 g/mol. The minimum Gasteiger partial charge on any atom is -0.344 e. The monoisotopic (exact) mass is 661 g/mol. The molecule has 1 aliphatic carbocycles. The number of rotatable bonds is 8. The molecule has 13 nitrogen and oxygen atoms in total. The fourth-order valence-corrected chi connectivity index (χ4v) is 7.14. The van der Waals surface area contributed by atoms with Crippen LogP contribution < -0.4 is 20.3 Å². The van der Waals surface area contributed by atoms with Crippen molar-refractivity contribution in [2.24, 2.45) is 7.05 Å². The van der Waals surface area contributed by atoms with Crippen LogP contribution in [0.25, 0.3) is 22.1 Å². The van der Waals surface area contributed by atoms with Crippen molar-refractivity contribution in [3.63, 3.8) is 0 Å². The molecular formula is C34H31N9O4S. The molecule has 48 heavy (non-hydrogen) atoms. The van der Waals surface area contributed by atoms with Gasteiger partial charge in [-0.25, -0.2) is 9.50 Å². The predicted molar refractivity (Wildman–Crippen MR) is 181 cm³/mol. The van der Waals surface area contributed by atoms with Crippen LogP contribution in [-0.2, 0) is 30.1 Å². The molecule has 2 aromatic carbocycles. The number of carbonyl (C=O) groups is 1. The molecule has 1 aliphatic rings. The number of para-hydroxylation sites is 1. The fourth-order valence-electron chi connectivity index (χ4n) is 6.29. The van der Waals surface area contributed by atoms with Crippen LogP contribution in [0.5, 0.6) is 0 Å². The SMILES string of the molecule is CCNS(=O)(=O)Nc1nn2cccnc2c1C(=O)N[C@H](C)c1c2c3c(ccc(C#Cc4cnn(C)c4)c3c(=O)n1-c1ccccc1)CC2. The number of hydrogen-bond donors (Lipinski definition) is 3. The summed E-state index contributed by atoms with van der Waals surface area (Å²) in [6, 6.07) is 14.1. The van der Waals surface area contributed by atoms with Crippen LogP contribution in [0.1, 0.15) is 58.2 Å². The third-order valence-electron chi connectivity index (χ3n) is 8.21. The lowest BCUT2D eigenvalue weighted by Crippen LogP contribution is -2.34. The van der Waals surface area contributed by atoms with E-state index in [-0.39, 0.29) is 29.1 Å². The number of aromatic nitrogens is 6. The minimum absolute atomic E-state index is 0.0524. The molecule has 1 amide bonds. The van der Waals surface area contributed by atoms with E-state index in [9.17, 15) is 18.0 Å². The first-order chi connectivity index (χ1) is 23.1. The van der Waals surface area contributed by atoms with Gasteiger partial charge in [0, 0.05) is 43.4 Å². The van der Waals surface area contributed by atoms with E-state index in [1.165, 1.54) is 10.7 Å². The van der Waals surface area contributed by atoms with Gasteiger partial charge in [0.1, 0.15) is 5.56 Å². The first kappa shape index (κ1) is 30.9. The van der Waals surface area contributed by atoms with Gasteiger partial charge in [-0.3, -0.25) is 23.6 Å². The van der Waals surface area contributed by atoms with Crippen molar-refractivity contribution in [2.45, 2.75) is 32.7 Å². The largest absolute Gasteiger partial charge is 0.344 e. The third-order valence-corrected chi connectivity index (χ3v) is 9.34. The Morgan fingerprint density at radius 2 is 1.88 bits per heavy atom. The summed E-state index contributed by atoms with van der Waals surface area (Å²) < 4.78 is 34.6. The van der Waals surface area contributed by atoms with E-state index in [2.05, 4.69) is 41.8 Å². The van der Waals surface area contributed by atoms with E-state index in [1.807, 2.05) is 55.7 Å². The molecule has 0 spiro atoms. The van der Waals surface area contributed by atoms with Crippen molar-refractivity contribution in [2.75, 3.05) is 11.3 Å². The van der Waals surface area contributed by atoms with E-state index in [0.29, 0.717) is 28.8 Å². The van der Waals surface area contributed by atoms with Crippen LogP contribution in [-0.4, -0.2) is 49.8 Å². The molecule has 0 fully saturated rings. The molecule has 4 aromatic heterocycles. The highest BCUT2D eigenvalue weighted by molar-refractivity contribution is 7.90. The maximum Gasteiger partial charge on any atom is 0.300 e. The minimum atomic E-state index is -4.02. The van der Waals surface area contributed by atoms with Crippen LogP contribution in [0.15, 0.2) is 78.1 Å². The van der Waals surface area contributed by atoms with Crippen molar-refractivity contribution < 1.29 is 13.2 Å². The standard InChI is InChI=1S/C34H31N9O4S/c1-4-37-48(46,47)40-31-29(32-35-17-8-18-42(32)39-31)33(44)38-21(2)30-26-16-15-23-13-14-24(12-11-22-19-36-41(3)20-22)28(27(23)26)34(45)43(30)25-9-6-5-7-10-25/h5-10,13-14,17-21,37H,4,15-16H2,1-3H3,(H,38,44)(H,39,40)/t21-/m1/s1. The average molecular weight is 662 g/mol. The van der Waals surface area contributed by atoms with Gasteiger partial charge in [-0.15, -0.1) is 5.10 Å². The second-order valence-corrected chi connectivity index (χ2v) is 12.9. The van der Waals surface area contributed by atoms with Gasteiger partial charge in [0.25, 0.3) is 21.7 Å². The first-order valence-electron chi connectivity index (χ1n) is 15.4. The number of hydrogen-bond acceptors (Lipinski definition) is 7. The quantitative estimate of drug-likeness (QED) is 0.212. The van der Waals surface area contributed by atoms with Crippen LogP contribution in [0, 0.1) is 11.8 Å². The van der Waals surface area contributed by atoms with Gasteiger partial charge < -0.3 is 5.32 Å². The highest BCUT2D eigenvalue weighted by Gasteiger charge is 2.31. The molecule has 0 bridgehead atoms. The second kappa shape index (κ2) is 12.1. The van der Waals surface area contributed by atoms with Gasteiger partial charge in [-0.1, -0.05) is 43.0 Å². The lowest BCUT2D eigenvalue weighted by molar-refractivity contribution is 0.0941. The molecule has 242 valence electrons. The molecule has 4 heterocycles. The van der Waals surface area contributed by atoms with Gasteiger partial charge in [0.15, 0.2) is 11.5 Å². The van der Waals surface area contributed by atoms with Crippen LogP contribution in [0.4, 0.5) is 5.82 Å². The molecule has 0 saturated carbocycles. The Balaban J connectivity index is 1.38. The van der Waals surface area contributed by atoms with E-state index >= 15 is 0 Å². The fraction of sp³-hybridized carbons (Fsp3) is 0.206. The smallest absolute Gasteiger partial charge is 0.300 e. The summed E-state index contributed by atoms with van der Waals surface area (Å²) in [7, 11) is -2.20. The molecule has 14 heteroatoms. The number of anilines is 1. The number of pyridine rings is 1. The lowest BCUT2D eigenvalue weighted by Gasteiger charge is -2.24. The zero-order valence-electron chi connectivity index (χ0n) is 26.4. The van der Waals surface area contributed by atoms with Gasteiger partial charge in [-0.2, -0.15) is 18.2 Å². The van der Waals surface area contributed by atoms with Crippen molar-refractivity contribution >= 4 is 38.4 Å². The van der Waals surface area contributed by atoms with Gasteiger partial charge >= 0.3 is 0 Å². The number of amides is 1. The number of nitrogens with one attached hydrogen (secondary N) is 3. The zero-order chi connectivity index (χ0) is 33.6. The Hall–Kier alpha value is -5.78. The van der Waals surface area contributed by atoms with Gasteiger partial charge in [-0.05, 0) is 60.5 Å². The molecule has 6 aromatic rings. The maximum absolute atomic E-state index is 14.6. The first-order valence-corrected chi connectivity index (χ1v) is 16.8. The second-order valence-electron chi connectivity index (χ2n) is 11.4. The Morgan fingerprint density at radius 3 is 2.62 bits per heavy atom. The number of benzene rings is 2. The maximum atomic E-state index is 14.6. The molecule has 0 aliphatic heterocycles. The summed E-state index contributed by atoms with van der Waals surface area (Å²) in [5, 5.41) is 12.9. The van der Waals surface area contributed by atoms with E-state index < -0.39 is 22.2 Å². The Labute approximate surface area is 275 Å². The van der Waals surface area contributed by atoms with Gasteiger partial charge in [0.2, 0.25) is 0 Å². The average Bonchev–Trinajstić information content (AvgIpc) is 3.78. The number of nitrogens with zero attached hydrogens (tertiary/aromatic N) is 6. The molecule has 3 N–H and O–H groups in total. The summed E-state index contributed by atoms with van der Waals surface area (Å²) in [5.74, 6) is 5.55. The Morgan fingerprint density at radius 1 is 1.06 bits per heavy atom. The summed E-state index contributed by atoms with van der Waals surface area (Å²) in [6.07, 6.45) is 7.93. The van der Waals surface area contributed by atoms with E-state index in [4.69, 9.17) is 0 Å². The lowest BCUT2D eigenvalue weighted by atomic mass is 9.97. The summed E-state index contributed by atoms with van der Waals surface area (Å²) >= 11 is 0. The molecule has 7 rings (SSSR count). The molecule has 0 unspecified atom stereocenters. The third kappa shape index (κ3) is 5.48. The Bertz CT molecular complexity index is 2470. The van der Waals surface area contributed by atoms with Crippen LogP contribution >= 0.6 is 0 Å². The van der Waals surface area contributed by atoms with Crippen LogP contribution in [0.3, 0.4) is 0 Å². The number of fused-ring (bicyclic) bond motifs is 1. The normalized spacial score (nSPS) is 13.0. The van der Waals surface area contributed by atoms with E-state index in [1.54, 1.807) is 41.6 Å². The summed E-state index contributed by atoms with van der Waals surface area (Å²) in [4.78, 5) is 33.0.